The van der Waals surface area contributed by atoms with Gasteiger partial charge in [0.1, 0.15) is 6.04 Å². The molecule has 1 heterocycles. The zero-order chi connectivity index (χ0) is 14.4. The quantitative estimate of drug-likeness (QED) is 0.771. The first kappa shape index (κ1) is 13.9. The first-order chi connectivity index (χ1) is 8.76. The summed E-state index contributed by atoms with van der Waals surface area (Å²) in [5, 5.41) is 0. The average Bonchev–Trinajstić information content (AvgIpc) is 2.54. The Hall–Kier alpha value is -1.52. The molecule has 19 heavy (non-hydrogen) atoms. The van der Waals surface area contributed by atoms with E-state index < -0.39 is 6.04 Å². The minimum absolute atomic E-state index is 0.0268. The number of rotatable bonds is 2. The van der Waals surface area contributed by atoms with Gasteiger partial charge in [-0.3, -0.25) is 0 Å². The monoisotopic (exact) mass is 268 g/mol. The van der Waals surface area contributed by atoms with E-state index in [2.05, 4.69) is 20.8 Å². The first-order valence-corrected chi connectivity index (χ1v) is 6.41. The van der Waals surface area contributed by atoms with E-state index in [1.807, 2.05) is 6.08 Å². The molecule has 106 valence electrons. The summed E-state index contributed by atoms with van der Waals surface area (Å²) < 4.78 is 19.3. The van der Waals surface area contributed by atoms with Gasteiger partial charge in [0, 0.05) is 13.6 Å². The van der Waals surface area contributed by atoms with E-state index in [0.717, 1.165) is 0 Å². The van der Waals surface area contributed by atoms with Crippen LogP contribution in [0, 0.1) is 5.41 Å². The molecule has 0 aromatic carbocycles. The molecule has 0 saturated carbocycles. The van der Waals surface area contributed by atoms with Crippen LogP contribution >= 0.6 is 0 Å². The number of fused-ring (bicyclic) bond motifs is 1. The number of carbonyl (C=O) groups excluding carboxylic acids is 1. The maximum atomic E-state index is 14.3. The summed E-state index contributed by atoms with van der Waals surface area (Å²) in [5.74, 6) is -0.166. The third kappa shape index (κ3) is 2.33. The van der Waals surface area contributed by atoms with Crippen LogP contribution in [0.4, 0.5) is 9.18 Å². The minimum Gasteiger partial charge on any atom is -0.494 e. The van der Waals surface area contributed by atoms with Gasteiger partial charge in [-0.2, -0.15) is 0 Å². The van der Waals surface area contributed by atoms with Crippen LogP contribution < -0.4 is 0 Å². The largest absolute Gasteiger partial charge is 0.494 e. The van der Waals surface area contributed by atoms with E-state index in [9.17, 15) is 9.18 Å². The number of urea groups is 1. The van der Waals surface area contributed by atoms with Crippen molar-refractivity contribution in [1.29, 1.82) is 0 Å². The van der Waals surface area contributed by atoms with E-state index in [1.165, 1.54) is 12.0 Å². The predicted molar refractivity (Wildman–Crippen MR) is 71.2 cm³/mol. The Morgan fingerprint density at radius 3 is 2.58 bits per heavy atom. The topological polar surface area (TPSA) is 32.8 Å². The van der Waals surface area contributed by atoms with Gasteiger partial charge in [0.2, 0.25) is 0 Å². The molecule has 1 saturated heterocycles. The fourth-order valence-corrected chi connectivity index (χ4v) is 2.64. The molecule has 2 amide bonds. The highest BCUT2D eigenvalue weighted by Gasteiger charge is 2.48. The van der Waals surface area contributed by atoms with Gasteiger partial charge in [-0.25, -0.2) is 9.18 Å². The number of halogens is 1. The van der Waals surface area contributed by atoms with Gasteiger partial charge in [-0.15, -0.1) is 0 Å². The fraction of sp³-hybridized carbons (Fsp3) is 0.643. The molecule has 0 N–H and O–H groups in total. The van der Waals surface area contributed by atoms with Gasteiger partial charge in [-0.05, 0) is 11.5 Å². The van der Waals surface area contributed by atoms with Crippen molar-refractivity contribution in [2.45, 2.75) is 32.9 Å². The van der Waals surface area contributed by atoms with Crippen molar-refractivity contribution in [2.75, 3.05) is 20.7 Å². The fourth-order valence-electron chi connectivity index (χ4n) is 2.64. The third-order valence-electron chi connectivity index (χ3n) is 3.45. The number of nitrogens with zero attached hydrogens (tertiary/aromatic N) is 2. The normalized spacial score (nSPS) is 27.2. The molecular formula is C14H21FN2O2. The Labute approximate surface area is 113 Å². The highest BCUT2D eigenvalue weighted by atomic mass is 19.1. The molecule has 0 spiro atoms. The van der Waals surface area contributed by atoms with Gasteiger partial charge < -0.3 is 14.5 Å². The summed E-state index contributed by atoms with van der Waals surface area (Å²) in [6, 6.07) is -0.965. The maximum Gasteiger partial charge on any atom is 0.321 e. The Morgan fingerprint density at radius 2 is 2.05 bits per heavy atom. The zero-order valence-electron chi connectivity index (χ0n) is 12.1. The van der Waals surface area contributed by atoms with Crippen LogP contribution in [-0.2, 0) is 4.74 Å². The highest BCUT2D eigenvalue weighted by Crippen LogP contribution is 2.35. The molecular weight excluding hydrogens is 247 g/mol. The van der Waals surface area contributed by atoms with Crippen molar-refractivity contribution >= 4 is 6.03 Å². The molecule has 0 bridgehead atoms. The van der Waals surface area contributed by atoms with Crippen LogP contribution in [0.5, 0.6) is 0 Å². The van der Waals surface area contributed by atoms with E-state index in [0.29, 0.717) is 6.54 Å². The van der Waals surface area contributed by atoms with Crippen molar-refractivity contribution in [3.63, 3.8) is 0 Å². The number of allylic oxidation sites excluding steroid dienone is 1. The maximum absolute atomic E-state index is 14.3. The number of hydrogen-bond donors (Lipinski definition) is 0. The smallest absolute Gasteiger partial charge is 0.321 e. The van der Waals surface area contributed by atoms with Crippen LogP contribution in [0.15, 0.2) is 23.7 Å². The lowest BCUT2D eigenvalue weighted by molar-refractivity contribution is 0.173. The lowest BCUT2D eigenvalue weighted by Crippen LogP contribution is -2.41. The summed E-state index contributed by atoms with van der Waals surface area (Å²) >= 11 is 0. The molecule has 2 unspecified atom stereocenters. The molecule has 0 radical (unpaired) electrons. The van der Waals surface area contributed by atoms with E-state index in [4.69, 9.17) is 4.74 Å². The predicted octanol–water partition coefficient (Wildman–Crippen LogP) is 2.53. The molecule has 1 aliphatic heterocycles. The Bertz CT molecular complexity index is 451. The van der Waals surface area contributed by atoms with E-state index >= 15 is 0 Å². The second kappa shape index (κ2) is 4.54. The summed E-state index contributed by atoms with van der Waals surface area (Å²) in [4.78, 5) is 15.5. The molecule has 1 aliphatic carbocycles. The zero-order valence-corrected chi connectivity index (χ0v) is 12.1. The number of ether oxygens (including phenoxy) is 1. The first-order valence-electron chi connectivity index (χ1n) is 6.41. The number of hydrogen-bond acceptors (Lipinski definition) is 2. The molecule has 2 atom stereocenters. The lowest BCUT2D eigenvalue weighted by atomic mass is 9.94. The Balaban J connectivity index is 2.32. The molecule has 0 aromatic rings. The molecule has 0 aromatic heterocycles. The van der Waals surface area contributed by atoms with Crippen LogP contribution in [0.1, 0.15) is 20.8 Å². The lowest BCUT2D eigenvalue weighted by Gasteiger charge is -2.31. The van der Waals surface area contributed by atoms with Crippen LogP contribution in [0.25, 0.3) is 0 Å². The summed E-state index contributed by atoms with van der Waals surface area (Å²) in [6.45, 7) is 6.78. The van der Waals surface area contributed by atoms with Crippen molar-refractivity contribution < 1.29 is 13.9 Å². The number of likely N-dealkylation sites (N-methyl/N-ethyl adjacent to an activating group) is 1. The van der Waals surface area contributed by atoms with Gasteiger partial charge in [-0.1, -0.05) is 26.8 Å². The van der Waals surface area contributed by atoms with Crippen molar-refractivity contribution in [3.05, 3.63) is 23.7 Å². The summed E-state index contributed by atoms with van der Waals surface area (Å²) in [7, 11) is 3.07. The number of carbonyl (C=O) groups is 1. The van der Waals surface area contributed by atoms with Crippen molar-refractivity contribution in [3.8, 4) is 0 Å². The van der Waals surface area contributed by atoms with Crippen LogP contribution in [0.2, 0.25) is 0 Å². The van der Waals surface area contributed by atoms with Crippen molar-refractivity contribution in [2.24, 2.45) is 5.41 Å². The van der Waals surface area contributed by atoms with Crippen LogP contribution in [0.3, 0.4) is 0 Å². The average molecular weight is 268 g/mol. The summed E-state index contributed by atoms with van der Waals surface area (Å²) in [6.07, 6.45) is 3.46. The minimum atomic E-state index is -0.574. The van der Waals surface area contributed by atoms with Gasteiger partial charge in [0.15, 0.2) is 11.6 Å². The molecule has 2 aliphatic rings. The molecule has 4 nitrogen and oxygen atoms in total. The van der Waals surface area contributed by atoms with Crippen molar-refractivity contribution in [1.82, 2.24) is 9.80 Å². The van der Waals surface area contributed by atoms with Gasteiger partial charge in [0.25, 0.3) is 0 Å². The van der Waals surface area contributed by atoms with E-state index in [1.54, 1.807) is 18.0 Å². The summed E-state index contributed by atoms with van der Waals surface area (Å²) in [5.41, 5.74) is -0.0268. The molecule has 5 heteroatoms. The van der Waals surface area contributed by atoms with Crippen LogP contribution in [-0.4, -0.2) is 48.6 Å². The number of amides is 2. The molecule has 1 fully saturated rings. The Morgan fingerprint density at radius 1 is 1.42 bits per heavy atom. The SMILES string of the molecule is COC1=C(F)C2C(C=C1)N(CC(C)(C)C)C(=O)N2C. The van der Waals surface area contributed by atoms with E-state index in [-0.39, 0.29) is 29.1 Å². The molecule has 2 rings (SSSR count). The second-order valence-electron chi connectivity index (χ2n) is 6.29. The third-order valence-corrected chi connectivity index (χ3v) is 3.45. The van der Waals surface area contributed by atoms with Gasteiger partial charge in [0.05, 0.1) is 13.2 Å². The van der Waals surface area contributed by atoms with Gasteiger partial charge >= 0.3 is 6.03 Å². The second-order valence-corrected chi connectivity index (χ2v) is 6.29. The highest BCUT2D eigenvalue weighted by molar-refractivity contribution is 5.79. The number of methoxy groups -OCH3 is 1. The standard InChI is InChI=1S/C14H21FN2O2/c1-14(2,3)8-17-9-6-7-10(19-5)11(15)12(9)16(4)13(17)18/h6-7,9,12H,8H2,1-5H3. The Kier molecular flexibility index (Phi) is 3.32.